The summed E-state index contributed by atoms with van der Waals surface area (Å²) in [6.07, 6.45) is -3.58. The quantitative estimate of drug-likeness (QED) is 0.0396. The Kier molecular flexibility index (Phi) is 20.5. The number of nitrogens with two attached hydrogens (primary N) is 3. The van der Waals surface area contributed by atoms with E-state index in [0.29, 0.717) is 6.42 Å². The lowest BCUT2D eigenvalue weighted by atomic mass is 10.0. The van der Waals surface area contributed by atoms with Crippen LogP contribution in [0.1, 0.15) is 72.1 Å². The van der Waals surface area contributed by atoms with Crippen molar-refractivity contribution < 1.29 is 63.6 Å². The summed E-state index contributed by atoms with van der Waals surface area (Å²) < 4.78 is 0. The van der Waals surface area contributed by atoms with Crippen LogP contribution in [0.2, 0.25) is 0 Å². The average molecular weight is 719 g/mol. The van der Waals surface area contributed by atoms with E-state index in [1.807, 2.05) is 0 Å². The molecule has 0 aliphatic carbocycles. The maximum atomic E-state index is 13.4. The van der Waals surface area contributed by atoms with Gasteiger partial charge in [-0.3, -0.25) is 38.4 Å². The first-order valence-corrected chi connectivity index (χ1v) is 15.8. The molecule has 0 aromatic carbocycles. The molecule has 50 heavy (non-hydrogen) atoms. The van der Waals surface area contributed by atoms with Gasteiger partial charge in [0.05, 0.1) is 25.0 Å². The van der Waals surface area contributed by atoms with Crippen molar-refractivity contribution in [3.8, 4) is 0 Å². The van der Waals surface area contributed by atoms with Crippen LogP contribution in [-0.2, 0) is 43.2 Å². The van der Waals surface area contributed by atoms with Crippen molar-refractivity contribution in [3.05, 3.63) is 0 Å². The number of unbranched alkanes of at least 4 members (excludes halogenated alkanes) is 1. The van der Waals surface area contributed by atoms with Crippen LogP contribution in [0.3, 0.4) is 0 Å². The number of hydrogen-bond donors (Lipinski definition) is 12. The van der Waals surface area contributed by atoms with Gasteiger partial charge in [0.15, 0.2) is 0 Å². The van der Waals surface area contributed by atoms with Gasteiger partial charge >= 0.3 is 17.9 Å². The van der Waals surface area contributed by atoms with Crippen LogP contribution >= 0.6 is 0 Å². The standard InChI is InChI=1S/C29H50N8O13/c1-13(2)10-18(35-26(46)17(7-8-21(40)41)33-24(44)15(31)11-22(42)43)27(47)37-23(14(3)38)28(48)34-16(6-4-5-9-30)25(45)36-19(29(49)50)12-20(32)39/h13-19,23,38H,4-12,30-31H2,1-3H3,(H2,32,39)(H,33,44)(H,34,48)(H,35,46)(H,36,45)(H,37,47)(H,40,41)(H,42,43)(H,49,50)/t14-,15+,16+,17+,18+,19+,23+/m1/s1. The Morgan fingerprint density at radius 1 is 0.620 bits per heavy atom. The molecule has 0 aromatic rings. The minimum absolute atomic E-state index is 0.0512. The van der Waals surface area contributed by atoms with E-state index in [2.05, 4.69) is 26.6 Å². The van der Waals surface area contributed by atoms with Crippen molar-refractivity contribution in [2.45, 2.75) is 114 Å². The molecule has 0 aliphatic rings. The van der Waals surface area contributed by atoms with Gasteiger partial charge < -0.3 is 64.2 Å². The third kappa shape index (κ3) is 18.0. The number of carboxylic acids is 3. The van der Waals surface area contributed by atoms with E-state index in [0.717, 1.165) is 6.92 Å². The van der Waals surface area contributed by atoms with Crippen molar-refractivity contribution in [2.24, 2.45) is 23.1 Å². The van der Waals surface area contributed by atoms with E-state index < -0.39 is 121 Å². The van der Waals surface area contributed by atoms with Crippen LogP contribution in [-0.4, -0.2) is 123 Å². The molecule has 0 saturated heterocycles. The topological polar surface area (TPSA) is 373 Å². The van der Waals surface area contributed by atoms with E-state index in [9.17, 15) is 53.4 Å². The van der Waals surface area contributed by atoms with Crippen LogP contribution in [0.25, 0.3) is 0 Å². The summed E-state index contributed by atoms with van der Waals surface area (Å²) >= 11 is 0. The van der Waals surface area contributed by atoms with Crippen molar-refractivity contribution in [2.75, 3.05) is 6.54 Å². The predicted molar refractivity (Wildman–Crippen MR) is 172 cm³/mol. The predicted octanol–water partition coefficient (Wildman–Crippen LogP) is -4.41. The summed E-state index contributed by atoms with van der Waals surface area (Å²) in [7, 11) is 0. The fraction of sp³-hybridized carbons (Fsp3) is 0.690. The molecule has 0 aliphatic heterocycles. The molecule has 0 fully saturated rings. The number of rotatable bonds is 25. The van der Waals surface area contributed by atoms with Crippen molar-refractivity contribution >= 4 is 53.4 Å². The summed E-state index contributed by atoms with van der Waals surface area (Å²) in [5, 5.41) is 49.1. The molecule has 15 N–H and O–H groups in total. The smallest absolute Gasteiger partial charge is 0.326 e. The monoisotopic (exact) mass is 718 g/mol. The number of carbonyl (C=O) groups is 9. The molecular formula is C29H50N8O13. The first kappa shape index (κ1) is 45.1. The van der Waals surface area contributed by atoms with Gasteiger partial charge in [-0.2, -0.15) is 0 Å². The summed E-state index contributed by atoms with van der Waals surface area (Å²) in [6.45, 7) is 4.75. The number of amides is 6. The Morgan fingerprint density at radius 3 is 1.58 bits per heavy atom. The second-order valence-corrected chi connectivity index (χ2v) is 12.0. The van der Waals surface area contributed by atoms with Gasteiger partial charge in [-0.25, -0.2) is 4.79 Å². The van der Waals surface area contributed by atoms with Crippen LogP contribution in [0.5, 0.6) is 0 Å². The molecule has 6 amide bonds. The summed E-state index contributed by atoms with van der Waals surface area (Å²) in [6, 6.07) is -9.39. The first-order chi connectivity index (χ1) is 23.2. The minimum atomic E-state index is -1.73. The number of carbonyl (C=O) groups excluding carboxylic acids is 6. The highest BCUT2D eigenvalue weighted by atomic mass is 16.4. The van der Waals surface area contributed by atoms with Gasteiger partial charge in [-0.1, -0.05) is 13.8 Å². The lowest BCUT2D eigenvalue weighted by Crippen LogP contribution is -2.61. The molecule has 0 aromatic heterocycles. The summed E-state index contributed by atoms with van der Waals surface area (Å²) in [5.74, 6) is -10.7. The van der Waals surface area contributed by atoms with Gasteiger partial charge in [-0.05, 0) is 51.5 Å². The zero-order chi connectivity index (χ0) is 38.7. The molecule has 0 heterocycles. The Hall–Kier alpha value is -4.89. The Bertz CT molecular complexity index is 1230. The number of primary amides is 1. The number of hydrogen-bond acceptors (Lipinski definition) is 12. The molecule has 0 spiro atoms. The lowest BCUT2D eigenvalue weighted by Gasteiger charge is -2.28. The summed E-state index contributed by atoms with van der Waals surface area (Å²) in [5.41, 5.74) is 16.1. The fourth-order valence-electron chi connectivity index (χ4n) is 4.43. The molecule has 0 radical (unpaired) electrons. The fourth-order valence-corrected chi connectivity index (χ4v) is 4.43. The number of aliphatic hydroxyl groups excluding tert-OH is 1. The van der Waals surface area contributed by atoms with E-state index in [1.54, 1.807) is 13.8 Å². The van der Waals surface area contributed by atoms with Crippen LogP contribution < -0.4 is 43.8 Å². The summed E-state index contributed by atoms with van der Waals surface area (Å²) in [4.78, 5) is 110. The van der Waals surface area contributed by atoms with E-state index in [-0.39, 0.29) is 31.7 Å². The van der Waals surface area contributed by atoms with Crippen LogP contribution in [0.15, 0.2) is 0 Å². The molecule has 0 rings (SSSR count). The van der Waals surface area contributed by atoms with Crippen molar-refractivity contribution in [1.82, 2.24) is 26.6 Å². The third-order valence-corrected chi connectivity index (χ3v) is 7.01. The maximum Gasteiger partial charge on any atom is 0.326 e. The van der Waals surface area contributed by atoms with Gasteiger partial charge in [0.2, 0.25) is 35.4 Å². The molecule has 0 saturated carbocycles. The van der Waals surface area contributed by atoms with Crippen LogP contribution in [0, 0.1) is 5.92 Å². The maximum absolute atomic E-state index is 13.4. The molecule has 21 heteroatoms. The zero-order valence-electron chi connectivity index (χ0n) is 28.2. The largest absolute Gasteiger partial charge is 0.481 e. The van der Waals surface area contributed by atoms with Crippen molar-refractivity contribution in [1.29, 1.82) is 0 Å². The van der Waals surface area contributed by atoms with E-state index >= 15 is 0 Å². The highest BCUT2D eigenvalue weighted by molar-refractivity contribution is 5.97. The van der Waals surface area contributed by atoms with Gasteiger partial charge in [0, 0.05) is 6.42 Å². The average Bonchev–Trinajstić information content (AvgIpc) is 2.99. The van der Waals surface area contributed by atoms with Crippen LogP contribution in [0.4, 0.5) is 0 Å². The number of carboxylic acid groups (broad SMARTS) is 3. The minimum Gasteiger partial charge on any atom is -0.481 e. The molecule has 0 unspecified atom stereocenters. The third-order valence-electron chi connectivity index (χ3n) is 7.01. The molecule has 0 bridgehead atoms. The SMILES string of the molecule is CC(C)C[C@H](NC(=O)[C@H](CCC(=O)O)NC(=O)[C@@H](N)CC(=O)O)C(=O)N[C@H](C(=O)N[C@@H](CCCCN)C(=O)N[C@@H](CC(N)=O)C(=O)O)[C@@H](C)O. The van der Waals surface area contributed by atoms with Gasteiger partial charge in [0.1, 0.15) is 30.2 Å². The highest BCUT2D eigenvalue weighted by Gasteiger charge is 2.35. The Morgan fingerprint density at radius 2 is 1.12 bits per heavy atom. The molecule has 21 nitrogen and oxygen atoms in total. The van der Waals surface area contributed by atoms with Gasteiger partial charge in [0.25, 0.3) is 0 Å². The Labute approximate surface area is 287 Å². The first-order valence-electron chi connectivity index (χ1n) is 15.8. The highest BCUT2D eigenvalue weighted by Crippen LogP contribution is 2.10. The van der Waals surface area contributed by atoms with E-state index in [1.165, 1.54) is 0 Å². The second kappa shape index (κ2) is 22.7. The Balaban J connectivity index is 6.12. The molecular weight excluding hydrogens is 668 g/mol. The normalized spacial score (nSPS) is 15.2. The molecule has 7 atom stereocenters. The number of nitrogens with one attached hydrogen (secondary N) is 5. The van der Waals surface area contributed by atoms with E-state index in [4.69, 9.17) is 27.4 Å². The van der Waals surface area contributed by atoms with Crippen molar-refractivity contribution in [3.63, 3.8) is 0 Å². The lowest BCUT2D eigenvalue weighted by molar-refractivity contribution is -0.144. The number of aliphatic hydroxyl groups is 1. The van der Waals surface area contributed by atoms with Gasteiger partial charge in [-0.15, -0.1) is 0 Å². The second-order valence-electron chi connectivity index (χ2n) is 12.0. The molecule has 284 valence electrons. The number of aliphatic carboxylic acids is 3. The zero-order valence-corrected chi connectivity index (χ0v) is 28.2.